The van der Waals surface area contributed by atoms with E-state index in [0.29, 0.717) is 17.1 Å². The minimum Gasteiger partial charge on any atom is -0.390 e. The van der Waals surface area contributed by atoms with E-state index in [9.17, 15) is 10.1 Å². The third-order valence-corrected chi connectivity index (χ3v) is 2.41. The van der Waals surface area contributed by atoms with Gasteiger partial charge in [0.1, 0.15) is 0 Å². The SMILES string of the molecule is Cc1cc(CO)nc(-c2ccc([N+](=O)[O-])cc2)n1. The second-order valence-electron chi connectivity index (χ2n) is 3.79. The predicted molar refractivity (Wildman–Crippen MR) is 64.8 cm³/mol. The molecule has 2 rings (SSSR count). The van der Waals surface area contributed by atoms with Gasteiger partial charge in [-0.2, -0.15) is 0 Å². The Morgan fingerprint density at radius 1 is 1.28 bits per heavy atom. The van der Waals surface area contributed by atoms with Gasteiger partial charge in [0.15, 0.2) is 5.82 Å². The van der Waals surface area contributed by atoms with E-state index in [4.69, 9.17) is 5.11 Å². The zero-order valence-electron chi connectivity index (χ0n) is 9.70. The zero-order valence-corrected chi connectivity index (χ0v) is 9.70. The number of non-ortho nitro benzene ring substituents is 1. The lowest BCUT2D eigenvalue weighted by atomic mass is 10.2. The highest BCUT2D eigenvalue weighted by atomic mass is 16.6. The summed E-state index contributed by atoms with van der Waals surface area (Å²) < 4.78 is 0. The molecule has 18 heavy (non-hydrogen) atoms. The fourth-order valence-electron chi connectivity index (χ4n) is 1.58. The Morgan fingerprint density at radius 2 is 1.94 bits per heavy atom. The number of rotatable bonds is 3. The Morgan fingerprint density at radius 3 is 2.50 bits per heavy atom. The molecule has 92 valence electrons. The second-order valence-corrected chi connectivity index (χ2v) is 3.79. The van der Waals surface area contributed by atoms with Crippen LogP contribution in [0.15, 0.2) is 30.3 Å². The molecule has 0 aliphatic heterocycles. The van der Waals surface area contributed by atoms with Gasteiger partial charge >= 0.3 is 0 Å². The maximum absolute atomic E-state index is 10.5. The van der Waals surface area contributed by atoms with E-state index in [1.165, 1.54) is 12.1 Å². The second kappa shape index (κ2) is 4.89. The van der Waals surface area contributed by atoms with Crippen molar-refractivity contribution in [2.45, 2.75) is 13.5 Å². The summed E-state index contributed by atoms with van der Waals surface area (Å²) in [5.74, 6) is 0.453. The highest BCUT2D eigenvalue weighted by Gasteiger charge is 2.08. The van der Waals surface area contributed by atoms with Gasteiger partial charge in [0.2, 0.25) is 0 Å². The molecule has 1 N–H and O–H groups in total. The van der Waals surface area contributed by atoms with E-state index in [1.807, 2.05) is 0 Å². The third-order valence-electron chi connectivity index (χ3n) is 2.41. The lowest BCUT2D eigenvalue weighted by Crippen LogP contribution is -1.98. The minimum absolute atomic E-state index is 0.0220. The van der Waals surface area contributed by atoms with E-state index in [1.54, 1.807) is 25.1 Å². The van der Waals surface area contributed by atoms with Gasteiger partial charge in [-0.05, 0) is 25.1 Å². The standard InChI is InChI=1S/C12H11N3O3/c1-8-6-10(7-16)14-12(13-8)9-2-4-11(5-3-9)15(17)18/h2-6,16H,7H2,1H3. The van der Waals surface area contributed by atoms with Crippen molar-refractivity contribution in [2.24, 2.45) is 0 Å². The van der Waals surface area contributed by atoms with Crippen LogP contribution in [-0.4, -0.2) is 20.0 Å². The van der Waals surface area contributed by atoms with E-state index in [0.717, 1.165) is 5.69 Å². The highest BCUT2D eigenvalue weighted by Crippen LogP contribution is 2.19. The number of nitrogens with zero attached hydrogens (tertiary/aromatic N) is 3. The van der Waals surface area contributed by atoms with Crippen LogP contribution in [0.1, 0.15) is 11.4 Å². The van der Waals surface area contributed by atoms with Gasteiger partial charge in [-0.15, -0.1) is 0 Å². The Bertz CT molecular complexity index is 582. The number of nitro groups is 1. The van der Waals surface area contributed by atoms with Crippen LogP contribution >= 0.6 is 0 Å². The normalized spacial score (nSPS) is 10.3. The topological polar surface area (TPSA) is 89.2 Å². The third kappa shape index (κ3) is 2.49. The van der Waals surface area contributed by atoms with Gasteiger partial charge in [-0.1, -0.05) is 0 Å². The number of aryl methyl sites for hydroxylation is 1. The summed E-state index contributed by atoms with van der Waals surface area (Å²) in [5, 5.41) is 19.6. The largest absolute Gasteiger partial charge is 0.390 e. The summed E-state index contributed by atoms with van der Waals surface area (Å²) in [5.41, 5.74) is 1.96. The zero-order chi connectivity index (χ0) is 13.1. The van der Waals surface area contributed by atoms with E-state index < -0.39 is 4.92 Å². The molecule has 0 fully saturated rings. The Kier molecular flexibility index (Phi) is 3.29. The molecule has 0 saturated heterocycles. The summed E-state index contributed by atoms with van der Waals surface area (Å²) in [6.07, 6.45) is 0. The Balaban J connectivity index is 2.42. The van der Waals surface area contributed by atoms with Gasteiger partial charge in [0.25, 0.3) is 5.69 Å². The van der Waals surface area contributed by atoms with Crippen LogP contribution < -0.4 is 0 Å². The van der Waals surface area contributed by atoms with Crippen molar-refractivity contribution in [3.8, 4) is 11.4 Å². The number of hydrogen-bond donors (Lipinski definition) is 1. The smallest absolute Gasteiger partial charge is 0.269 e. The molecule has 1 aromatic carbocycles. The molecule has 6 nitrogen and oxygen atoms in total. The van der Waals surface area contributed by atoms with E-state index >= 15 is 0 Å². The van der Waals surface area contributed by atoms with Crippen molar-refractivity contribution in [2.75, 3.05) is 0 Å². The van der Waals surface area contributed by atoms with Crippen LogP contribution in [0.4, 0.5) is 5.69 Å². The van der Waals surface area contributed by atoms with Gasteiger partial charge in [0, 0.05) is 23.4 Å². The molecule has 0 aliphatic rings. The van der Waals surface area contributed by atoms with Gasteiger partial charge in [-0.3, -0.25) is 10.1 Å². The van der Waals surface area contributed by atoms with Crippen molar-refractivity contribution in [3.63, 3.8) is 0 Å². The Hall–Kier alpha value is -2.34. The first-order valence-corrected chi connectivity index (χ1v) is 5.30. The molecular formula is C12H11N3O3. The highest BCUT2D eigenvalue weighted by molar-refractivity contribution is 5.57. The molecule has 0 saturated carbocycles. The number of aliphatic hydroxyl groups excluding tert-OH is 1. The number of aromatic nitrogens is 2. The van der Waals surface area contributed by atoms with Crippen LogP contribution in [0.25, 0.3) is 11.4 Å². The molecular weight excluding hydrogens is 234 g/mol. The van der Waals surface area contributed by atoms with Crippen LogP contribution in [0.5, 0.6) is 0 Å². The molecule has 0 bridgehead atoms. The monoisotopic (exact) mass is 245 g/mol. The first-order chi connectivity index (χ1) is 8.60. The van der Waals surface area contributed by atoms with Crippen molar-refractivity contribution >= 4 is 5.69 Å². The fourth-order valence-corrected chi connectivity index (χ4v) is 1.58. The molecule has 0 unspecified atom stereocenters. The van der Waals surface area contributed by atoms with Gasteiger partial charge in [-0.25, -0.2) is 9.97 Å². The molecule has 0 aliphatic carbocycles. The summed E-state index contributed by atoms with van der Waals surface area (Å²) in [4.78, 5) is 18.5. The number of benzene rings is 1. The molecule has 0 atom stereocenters. The average Bonchev–Trinajstić information content (AvgIpc) is 2.38. The molecule has 2 aromatic rings. The number of hydrogen-bond acceptors (Lipinski definition) is 5. The molecule has 6 heteroatoms. The van der Waals surface area contributed by atoms with Crippen LogP contribution in [0.2, 0.25) is 0 Å². The maximum atomic E-state index is 10.5. The molecule has 0 radical (unpaired) electrons. The molecule has 1 aromatic heterocycles. The first-order valence-electron chi connectivity index (χ1n) is 5.30. The van der Waals surface area contributed by atoms with Crippen LogP contribution in [0, 0.1) is 17.0 Å². The minimum atomic E-state index is -0.458. The number of nitro benzene ring substituents is 1. The lowest BCUT2D eigenvalue weighted by molar-refractivity contribution is -0.384. The summed E-state index contributed by atoms with van der Waals surface area (Å²) in [6, 6.07) is 7.68. The summed E-state index contributed by atoms with van der Waals surface area (Å²) in [7, 11) is 0. The predicted octanol–water partition coefficient (Wildman–Crippen LogP) is 1.85. The molecule has 0 spiro atoms. The quantitative estimate of drug-likeness (QED) is 0.658. The van der Waals surface area contributed by atoms with Crippen molar-refractivity contribution in [1.82, 2.24) is 9.97 Å². The van der Waals surface area contributed by atoms with Crippen LogP contribution in [-0.2, 0) is 6.61 Å². The van der Waals surface area contributed by atoms with E-state index in [2.05, 4.69) is 9.97 Å². The Labute approximate surface area is 103 Å². The maximum Gasteiger partial charge on any atom is 0.269 e. The van der Waals surface area contributed by atoms with Gasteiger partial charge in [0.05, 0.1) is 17.2 Å². The lowest BCUT2D eigenvalue weighted by Gasteiger charge is -2.04. The van der Waals surface area contributed by atoms with Gasteiger partial charge < -0.3 is 5.11 Å². The van der Waals surface area contributed by atoms with Crippen LogP contribution in [0.3, 0.4) is 0 Å². The first kappa shape index (κ1) is 12.1. The van der Waals surface area contributed by atoms with Crippen molar-refractivity contribution in [3.05, 3.63) is 51.8 Å². The summed E-state index contributed by atoms with van der Waals surface area (Å²) >= 11 is 0. The average molecular weight is 245 g/mol. The fraction of sp³-hybridized carbons (Fsp3) is 0.167. The number of aliphatic hydroxyl groups is 1. The summed E-state index contributed by atoms with van der Waals surface area (Å²) in [6.45, 7) is 1.64. The van der Waals surface area contributed by atoms with E-state index in [-0.39, 0.29) is 12.3 Å². The molecule has 0 amide bonds. The van der Waals surface area contributed by atoms with Crippen molar-refractivity contribution < 1.29 is 10.0 Å². The van der Waals surface area contributed by atoms with Crippen molar-refractivity contribution in [1.29, 1.82) is 0 Å². The molecule has 1 heterocycles.